The van der Waals surface area contributed by atoms with E-state index < -0.39 is 0 Å². The van der Waals surface area contributed by atoms with E-state index in [9.17, 15) is 9.59 Å². The van der Waals surface area contributed by atoms with Gasteiger partial charge in [-0.2, -0.15) is 0 Å². The second kappa shape index (κ2) is 7.86. The van der Waals surface area contributed by atoms with Crippen LogP contribution in [-0.4, -0.2) is 17.6 Å². The molecule has 0 radical (unpaired) electrons. The molecule has 24 heavy (non-hydrogen) atoms. The van der Waals surface area contributed by atoms with E-state index in [0.717, 1.165) is 10.5 Å². The Morgan fingerprint density at radius 3 is 2.25 bits per heavy atom. The zero-order valence-electron chi connectivity index (χ0n) is 13.9. The van der Waals surface area contributed by atoms with Gasteiger partial charge in [0.25, 0.3) is 5.91 Å². The molecule has 5 heteroatoms. The number of rotatable bonds is 4. The van der Waals surface area contributed by atoms with Crippen LogP contribution in [0.25, 0.3) is 0 Å². The lowest BCUT2D eigenvalue weighted by Crippen LogP contribution is -2.31. The van der Waals surface area contributed by atoms with Gasteiger partial charge in [-0.1, -0.05) is 56.6 Å². The van der Waals surface area contributed by atoms with E-state index in [4.69, 9.17) is 11.6 Å². The summed E-state index contributed by atoms with van der Waals surface area (Å²) in [7, 11) is 0. The number of imide groups is 1. The molecular formula is C19H20ClNO2S. The Labute approximate surface area is 151 Å². The maximum atomic E-state index is 12.1. The highest BCUT2D eigenvalue weighted by molar-refractivity contribution is 8.00. The maximum absolute atomic E-state index is 12.1. The van der Waals surface area contributed by atoms with Crippen molar-refractivity contribution < 1.29 is 9.59 Å². The summed E-state index contributed by atoms with van der Waals surface area (Å²) in [4.78, 5) is 24.9. The molecule has 2 aromatic rings. The van der Waals surface area contributed by atoms with E-state index in [1.165, 1.54) is 11.8 Å². The van der Waals surface area contributed by atoms with E-state index in [2.05, 4.69) is 26.1 Å². The molecule has 0 atom stereocenters. The zero-order valence-corrected chi connectivity index (χ0v) is 15.5. The lowest BCUT2D eigenvalue weighted by Gasteiger charge is -2.19. The number of carbonyl (C=O) groups excluding carboxylic acids is 2. The normalized spacial score (nSPS) is 11.2. The SMILES string of the molecule is CC(C)(C)c1ccc(C(=O)NC(=O)CSc2ccccc2Cl)cc1. The van der Waals surface area contributed by atoms with E-state index in [1.54, 1.807) is 18.2 Å². The quantitative estimate of drug-likeness (QED) is 0.804. The number of amides is 2. The van der Waals surface area contributed by atoms with Gasteiger partial charge in [0.05, 0.1) is 10.8 Å². The minimum absolute atomic E-state index is 0.0242. The summed E-state index contributed by atoms with van der Waals surface area (Å²) in [6.07, 6.45) is 0. The van der Waals surface area contributed by atoms with Crippen molar-refractivity contribution in [1.82, 2.24) is 5.32 Å². The first-order valence-corrected chi connectivity index (χ1v) is 8.96. The number of hydrogen-bond donors (Lipinski definition) is 1. The van der Waals surface area contributed by atoms with Gasteiger partial charge < -0.3 is 0 Å². The third-order valence-electron chi connectivity index (χ3n) is 3.46. The Balaban J connectivity index is 1.92. The van der Waals surface area contributed by atoms with Crippen LogP contribution in [0.3, 0.4) is 0 Å². The van der Waals surface area contributed by atoms with Crippen molar-refractivity contribution in [3.63, 3.8) is 0 Å². The number of thioether (sulfide) groups is 1. The molecule has 0 aromatic heterocycles. The molecule has 0 aliphatic carbocycles. The number of carbonyl (C=O) groups is 2. The molecule has 2 rings (SSSR count). The Morgan fingerprint density at radius 2 is 1.67 bits per heavy atom. The van der Waals surface area contributed by atoms with Gasteiger partial charge in [-0.3, -0.25) is 14.9 Å². The van der Waals surface area contributed by atoms with Crippen molar-refractivity contribution >= 4 is 35.2 Å². The van der Waals surface area contributed by atoms with E-state index in [0.29, 0.717) is 10.6 Å². The molecule has 2 amide bonds. The second-order valence-corrected chi connectivity index (χ2v) is 7.85. The largest absolute Gasteiger partial charge is 0.292 e. The van der Waals surface area contributed by atoms with Gasteiger partial charge in [0, 0.05) is 10.5 Å². The molecule has 0 unspecified atom stereocenters. The molecule has 0 aliphatic heterocycles. The van der Waals surface area contributed by atoms with Gasteiger partial charge in [0.15, 0.2) is 0 Å². The van der Waals surface area contributed by atoms with Crippen molar-refractivity contribution in [2.45, 2.75) is 31.1 Å². The predicted molar refractivity (Wildman–Crippen MR) is 99.8 cm³/mol. The third-order valence-corrected chi connectivity index (χ3v) is 4.98. The summed E-state index contributed by atoms with van der Waals surface area (Å²) in [6, 6.07) is 14.6. The van der Waals surface area contributed by atoms with Gasteiger partial charge in [-0.15, -0.1) is 11.8 Å². The van der Waals surface area contributed by atoms with Crippen LogP contribution in [-0.2, 0) is 10.2 Å². The molecule has 2 aromatic carbocycles. The van der Waals surface area contributed by atoms with Crippen LogP contribution in [0.15, 0.2) is 53.4 Å². The molecule has 0 saturated carbocycles. The van der Waals surface area contributed by atoms with Crippen LogP contribution >= 0.6 is 23.4 Å². The topological polar surface area (TPSA) is 46.2 Å². The fraction of sp³-hybridized carbons (Fsp3) is 0.263. The molecular weight excluding hydrogens is 342 g/mol. The molecule has 0 heterocycles. The summed E-state index contributed by atoms with van der Waals surface area (Å²) in [6.45, 7) is 6.33. The summed E-state index contributed by atoms with van der Waals surface area (Å²) >= 11 is 7.34. The van der Waals surface area contributed by atoms with Crippen LogP contribution in [0.5, 0.6) is 0 Å². The molecule has 0 bridgehead atoms. The summed E-state index contributed by atoms with van der Waals surface area (Å²) in [5.74, 6) is -0.597. The molecule has 0 fully saturated rings. The number of benzene rings is 2. The van der Waals surface area contributed by atoms with Gasteiger partial charge in [-0.25, -0.2) is 0 Å². The van der Waals surface area contributed by atoms with Crippen LogP contribution in [0, 0.1) is 0 Å². The smallest absolute Gasteiger partial charge is 0.257 e. The highest BCUT2D eigenvalue weighted by atomic mass is 35.5. The monoisotopic (exact) mass is 361 g/mol. The number of nitrogens with one attached hydrogen (secondary N) is 1. The van der Waals surface area contributed by atoms with Gasteiger partial charge >= 0.3 is 0 Å². The Kier molecular flexibility index (Phi) is 6.08. The first-order chi connectivity index (χ1) is 11.3. The van der Waals surface area contributed by atoms with Crippen molar-refractivity contribution in [3.05, 3.63) is 64.7 Å². The zero-order chi connectivity index (χ0) is 17.7. The minimum atomic E-state index is -0.389. The molecule has 3 nitrogen and oxygen atoms in total. The van der Waals surface area contributed by atoms with Crippen LogP contribution in [0.2, 0.25) is 5.02 Å². The first-order valence-electron chi connectivity index (χ1n) is 7.59. The first kappa shape index (κ1) is 18.6. The van der Waals surface area contributed by atoms with Crippen molar-refractivity contribution in [2.75, 3.05) is 5.75 Å². The standard InChI is InChI=1S/C19H20ClNO2S/c1-19(2,3)14-10-8-13(9-11-14)18(23)21-17(22)12-24-16-7-5-4-6-15(16)20/h4-11H,12H2,1-3H3,(H,21,22,23). The third kappa shape index (κ3) is 5.11. The van der Waals surface area contributed by atoms with Gasteiger partial charge in [0.2, 0.25) is 5.91 Å². The molecule has 0 aliphatic rings. The fourth-order valence-electron chi connectivity index (χ4n) is 2.06. The van der Waals surface area contributed by atoms with Crippen LogP contribution in [0.4, 0.5) is 0 Å². The Bertz CT molecular complexity index is 736. The van der Waals surface area contributed by atoms with Crippen LogP contribution < -0.4 is 5.32 Å². The highest BCUT2D eigenvalue weighted by Gasteiger charge is 2.15. The average Bonchev–Trinajstić information content (AvgIpc) is 2.53. The minimum Gasteiger partial charge on any atom is -0.292 e. The van der Waals surface area contributed by atoms with Gasteiger partial charge in [0.1, 0.15) is 0 Å². The Hall–Kier alpha value is -1.78. The van der Waals surface area contributed by atoms with E-state index in [1.807, 2.05) is 30.3 Å². The second-order valence-electron chi connectivity index (χ2n) is 6.42. The predicted octanol–water partition coefficient (Wildman–Crippen LogP) is 4.69. The summed E-state index contributed by atoms with van der Waals surface area (Å²) < 4.78 is 0. The van der Waals surface area contributed by atoms with Crippen LogP contribution in [0.1, 0.15) is 36.7 Å². The highest BCUT2D eigenvalue weighted by Crippen LogP contribution is 2.26. The molecule has 1 N–H and O–H groups in total. The molecule has 0 spiro atoms. The molecule has 0 saturated heterocycles. The molecule has 126 valence electrons. The summed E-state index contributed by atoms with van der Waals surface area (Å²) in [5, 5.41) is 3.00. The lowest BCUT2D eigenvalue weighted by atomic mass is 9.87. The number of halogens is 1. The van der Waals surface area contributed by atoms with E-state index in [-0.39, 0.29) is 23.0 Å². The van der Waals surface area contributed by atoms with Crippen molar-refractivity contribution in [2.24, 2.45) is 0 Å². The fourth-order valence-corrected chi connectivity index (χ4v) is 3.10. The number of hydrogen-bond acceptors (Lipinski definition) is 3. The lowest BCUT2D eigenvalue weighted by molar-refractivity contribution is -0.117. The average molecular weight is 362 g/mol. The Morgan fingerprint density at radius 1 is 1.04 bits per heavy atom. The van der Waals surface area contributed by atoms with Crippen molar-refractivity contribution in [3.8, 4) is 0 Å². The van der Waals surface area contributed by atoms with Crippen molar-refractivity contribution in [1.29, 1.82) is 0 Å². The summed E-state index contributed by atoms with van der Waals surface area (Å²) in [5.41, 5.74) is 1.63. The maximum Gasteiger partial charge on any atom is 0.257 e. The van der Waals surface area contributed by atoms with Gasteiger partial charge in [-0.05, 0) is 35.2 Å². The van der Waals surface area contributed by atoms with E-state index >= 15 is 0 Å².